The molecule has 1 heterocycles. The molecule has 0 aliphatic heterocycles. The predicted molar refractivity (Wildman–Crippen MR) is 78.6 cm³/mol. The van der Waals surface area contributed by atoms with Crippen LogP contribution in [0, 0.1) is 18.3 Å². The van der Waals surface area contributed by atoms with Crippen LogP contribution < -0.4 is 4.90 Å². The third-order valence-electron chi connectivity index (χ3n) is 3.17. The quantitative estimate of drug-likeness (QED) is 0.756. The Hall–Kier alpha value is -2.28. The smallest absolute Gasteiger partial charge is 0.219 e. The molecule has 0 unspecified atom stereocenters. The Balaban J connectivity index is 1.91. The molecule has 2 rings (SSSR count). The summed E-state index contributed by atoms with van der Waals surface area (Å²) in [5, 5.41) is 8.71. The molecule has 0 aliphatic carbocycles. The van der Waals surface area contributed by atoms with Crippen molar-refractivity contribution in [1.82, 2.24) is 4.98 Å². The largest absolute Gasteiger partial charge is 0.425 e. The van der Waals surface area contributed by atoms with Crippen LogP contribution in [0.2, 0.25) is 0 Å². The molecule has 1 aromatic carbocycles. The second kappa shape index (κ2) is 6.76. The van der Waals surface area contributed by atoms with Crippen LogP contribution in [0.25, 0.3) is 0 Å². The van der Waals surface area contributed by atoms with Gasteiger partial charge in [-0.2, -0.15) is 5.26 Å². The molecular weight excluding hydrogens is 250 g/mol. The van der Waals surface area contributed by atoms with Crippen molar-refractivity contribution in [3.8, 4) is 6.07 Å². The lowest BCUT2D eigenvalue weighted by Gasteiger charge is -2.10. The first-order chi connectivity index (χ1) is 9.70. The highest BCUT2D eigenvalue weighted by molar-refractivity contribution is 5.40. The molecule has 0 radical (unpaired) electrons. The molecule has 0 fully saturated rings. The van der Waals surface area contributed by atoms with E-state index in [4.69, 9.17) is 9.68 Å². The third-order valence-corrected chi connectivity index (χ3v) is 3.17. The molecule has 0 amide bonds. The topological polar surface area (TPSA) is 53.1 Å². The lowest BCUT2D eigenvalue weighted by atomic mass is 10.1. The standard InChI is InChI=1S/C16H19N3O/c1-13-16(19(2)12-11-17)20-15(18-13)10-6-9-14-7-4-3-5-8-14/h3-5,7-8H,6,9-10,12H2,1-2H3. The highest BCUT2D eigenvalue weighted by Gasteiger charge is 2.13. The monoisotopic (exact) mass is 269 g/mol. The molecule has 4 nitrogen and oxygen atoms in total. The second-order valence-corrected chi connectivity index (χ2v) is 4.85. The van der Waals surface area contributed by atoms with Crippen molar-refractivity contribution in [2.24, 2.45) is 0 Å². The van der Waals surface area contributed by atoms with Gasteiger partial charge in [0.05, 0.1) is 6.07 Å². The number of aromatic nitrogens is 1. The molecule has 0 N–H and O–H groups in total. The zero-order valence-electron chi connectivity index (χ0n) is 12.0. The summed E-state index contributed by atoms with van der Waals surface area (Å²) in [5.41, 5.74) is 2.18. The number of nitrogens with zero attached hydrogens (tertiary/aromatic N) is 3. The molecule has 0 atom stereocenters. The number of hydrogen-bond acceptors (Lipinski definition) is 4. The van der Waals surface area contributed by atoms with E-state index in [1.54, 1.807) is 4.90 Å². The van der Waals surface area contributed by atoms with Gasteiger partial charge in [-0.25, -0.2) is 4.98 Å². The molecule has 0 aliphatic rings. The Bertz CT molecular complexity index is 584. The maximum absolute atomic E-state index is 8.71. The SMILES string of the molecule is Cc1nc(CCCc2ccccc2)oc1N(C)CC#N. The van der Waals surface area contributed by atoms with Crippen molar-refractivity contribution in [3.63, 3.8) is 0 Å². The number of nitriles is 1. The lowest BCUT2D eigenvalue weighted by molar-refractivity contribution is 0.486. The normalized spacial score (nSPS) is 10.2. The third kappa shape index (κ3) is 3.61. The van der Waals surface area contributed by atoms with Gasteiger partial charge in [0.1, 0.15) is 12.2 Å². The van der Waals surface area contributed by atoms with Crippen LogP contribution in [0.5, 0.6) is 0 Å². The predicted octanol–water partition coefficient (Wildman–Crippen LogP) is 3.12. The van der Waals surface area contributed by atoms with Crippen molar-refractivity contribution in [3.05, 3.63) is 47.5 Å². The highest BCUT2D eigenvalue weighted by Crippen LogP contribution is 2.21. The van der Waals surface area contributed by atoms with Gasteiger partial charge < -0.3 is 9.32 Å². The zero-order chi connectivity index (χ0) is 14.4. The average molecular weight is 269 g/mol. The number of aryl methyl sites for hydroxylation is 3. The van der Waals surface area contributed by atoms with E-state index >= 15 is 0 Å². The maximum atomic E-state index is 8.71. The van der Waals surface area contributed by atoms with Gasteiger partial charge in [0.15, 0.2) is 5.89 Å². The van der Waals surface area contributed by atoms with Gasteiger partial charge in [-0.15, -0.1) is 0 Å². The van der Waals surface area contributed by atoms with E-state index < -0.39 is 0 Å². The van der Waals surface area contributed by atoms with Gasteiger partial charge >= 0.3 is 0 Å². The first kappa shape index (κ1) is 14.1. The minimum absolute atomic E-state index is 0.305. The van der Waals surface area contributed by atoms with Crippen molar-refractivity contribution in [2.75, 3.05) is 18.5 Å². The van der Waals surface area contributed by atoms with E-state index in [-0.39, 0.29) is 0 Å². The van der Waals surface area contributed by atoms with Crippen LogP contribution >= 0.6 is 0 Å². The number of rotatable bonds is 6. The summed E-state index contributed by atoms with van der Waals surface area (Å²) in [6.45, 7) is 2.22. The number of hydrogen-bond donors (Lipinski definition) is 0. The Morgan fingerprint density at radius 2 is 2.00 bits per heavy atom. The van der Waals surface area contributed by atoms with E-state index in [1.165, 1.54) is 5.56 Å². The Labute approximate surface area is 119 Å². The van der Waals surface area contributed by atoms with Crippen LogP contribution in [-0.2, 0) is 12.8 Å². The fourth-order valence-electron chi connectivity index (χ4n) is 2.17. The van der Waals surface area contributed by atoms with Crippen molar-refractivity contribution in [2.45, 2.75) is 26.2 Å². The minimum Gasteiger partial charge on any atom is -0.425 e. The van der Waals surface area contributed by atoms with Crippen molar-refractivity contribution < 1.29 is 4.42 Å². The van der Waals surface area contributed by atoms with Gasteiger partial charge in [-0.05, 0) is 25.3 Å². The first-order valence-electron chi connectivity index (χ1n) is 6.79. The summed E-state index contributed by atoms with van der Waals surface area (Å²) in [7, 11) is 1.84. The maximum Gasteiger partial charge on any atom is 0.219 e. The molecule has 1 aromatic heterocycles. The van der Waals surface area contributed by atoms with Crippen LogP contribution in [0.1, 0.15) is 23.6 Å². The van der Waals surface area contributed by atoms with Crippen molar-refractivity contribution >= 4 is 5.88 Å². The molecule has 104 valence electrons. The van der Waals surface area contributed by atoms with Gasteiger partial charge in [-0.3, -0.25) is 0 Å². The highest BCUT2D eigenvalue weighted by atomic mass is 16.4. The fourth-order valence-corrected chi connectivity index (χ4v) is 2.17. The number of oxazole rings is 1. The van der Waals surface area contributed by atoms with E-state index in [2.05, 4.69) is 35.3 Å². The summed E-state index contributed by atoms with van der Waals surface area (Å²) in [4.78, 5) is 6.21. The average Bonchev–Trinajstić information content (AvgIpc) is 2.81. The molecule has 0 saturated heterocycles. The van der Waals surface area contributed by atoms with Crippen LogP contribution in [0.4, 0.5) is 5.88 Å². The summed E-state index contributed by atoms with van der Waals surface area (Å²) in [6, 6.07) is 12.5. The summed E-state index contributed by atoms with van der Waals surface area (Å²) < 4.78 is 5.73. The van der Waals surface area contributed by atoms with Gasteiger partial charge in [0, 0.05) is 13.5 Å². The van der Waals surface area contributed by atoms with Crippen LogP contribution in [-0.4, -0.2) is 18.6 Å². The molecule has 2 aromatic rings. The zero-order valence-corrected chi connectivity index (χ0v) is 12.0. The van der Waals surface area contributed by atoms with E-state index in [0.29, 0.717) is 12.4 Å². The summed E-state index contributed by atoms with van der Waals surface area (Å²) >= 11 is 0. The first-order valence-corrected chi connectivity index (χ1v) is 6.79. The van der Waals surface area contributed by atoms with E-state index in [9.17, 15) is 0 Å². The Kier molecular flexibility index (Phi) is 4.78. The van der Waals surface area contributed by atoms with E-state index in [1.807, 2.05) is 20.0 Å². The minimum atomic E-state index is 0.305. The second-order valence-electron chi connectivity index (χ2n) is 4.85. The molecule has 0 spiro atoms. The summed E-state index contributed by atoms with van der Waals surface area (Å²) in [6.07, 6.45) is 2.84. The van der Waals surface area contributed by atoms with Crippen LogP contribution in [0.3, 0.4) is 0 Å². The van der Waals surface area contributed by atoms with Crippen LogP contribution in [0.15, 0.2) is 34.7 Å². The fraction of sp³-hybridized carbons (Fsp3) is 0.375. The van der Waals surface area contributed by atoms with E-state index in [0.717, 1.165) is 30.8 Å². The molecule has 0 saturated carbocycles. The number of anilines is 1. The molecular formula is C16H19N3O. The molecule has 0 bridgehead atoms. The van der Waals surface area contributed by atoms with Gasteiger partial charge in [-0.1, -0.05) is 30.3 Å². The van der Waals surface area contributed by atoms with Gasteiger partial charge in [0.25, 0.3) is 0 Å². The Morgan fingerprint density at radius 3 is 2.70 bits per heavy atom. The Morgan fingerprint density at radius 1 is 1.25 bits per heavy atom. The molecule has 4 heteroatoms. The summed E-state index contributed by atoms with van der Waals surface area (Å²) in [5.74, 6) is 1.44. The lowest BCUT2D eigenvalue weighted by Crippen LogP contribution is -2.17. The molecule has 20 heavy (non-hydrogen) atoms. The van der Waals surface area contributed by atoms with Gasteiger partial charge in [0.2, 0.25) is 5.88 Å². The van der Waals surface area contributed by atoms with Crippen molar-refractivity contribution in [1.29, 1.82) is 5.26 Å². The number of benzene rings is 1.